The van der Waals surface area contributed by atoms with E-state index in [-0.39, 0.29) is 5.78 Å². The summed E-state index contributed by atoms with van der Waals surface area (Å²) in [6.07, 6.45) is 1.49. The second-order valence-electron chi connectivity index (χ2n) is 5.52. The summed E-state index contributed by atoms with van der Waals surface area (Å²) >= 11 is 0. The van der Waals surface area contributed by atoms with Crippen molar-refractivity contribution in [3.8, 4) is 5.75 Å². The summed E-state index contributed by atoms with van der Waals surface area (Å²) in [5.74, 6) is -1.23. The van der Waals surface area contributed by atoms with Crippen molar-refractivity contribution in [2.75, 3.05) is 7.11 Å². The molecule has 24 heavy (non-hydrogen) atoms. The van der Waals surface area contributed by atoms with Crippen LogP contribution in [0.3, 0.4) is 0 Å². The normalized spacial score (nSPS) is 12.1. The molecule has 0 amide bonds. The molecule has 3 aromatic rings. The van der Waals surface area contributed by atoms with Gasteiger partial charge in [0.15, 0.2) is 5.78 Å². The lowest BCUT2D eigenvalue weighted by molar-refractivity contribution is -0.138. The molecular formula is C19H16O5. The Morgan fingerprint density at radius 3 is 2.46 bits per heavy atom. The number of carbonyl (C=O) groups excluding carboxylic acids is 1. The minimum absolute atomic E-state index is 0.225. The Morgan fingerprint density at radius 2 is 1.83 bits per heavy atom. The zero-order valence-electron chi connectivity index (χ0n) is 13.3. The highest BCUT2D eigenvalue weighted by Gasteiger charge is 2.21. The summed E-state index contributed by atoms with van der Waals surface area (Å²) in [5, 5.41) is 9.95. The Bertz CT molecular complexity index is 905. The molecule has 1 atom stereocenters. The average molecular weight is 324 g/mol. The van der Waals surface area contributed by atoms with Crippen LogP contribution in [0.25, 0.3) is 11.0 Å². The van der Waals surface area contributed by atoms with Crippen molar-refractivity contribution in [3.63, 3.8) is 0 Å². The summed E-state index contributed by atoms with van der Waals surface area (Å²) in [4.78, 5) is 24.1. The van der Waals surface area contributed by atoms with E-state index in [1.54, 1.807) is 56.5 Å². The first-order valence-corrected chi connectivity index (χ1v) is 7.44. The largest absolute Gasteiger partial charge is 0.497 e. The number of rotatable bonds is 5. The number of hydrogen-bond donors (Lipinski definition) is 1. The van der Waals surface area contributed by atoms with E-state index in [0.29, 0.717) is 33.4 Å². The molecule has 0 saturated heterocycles. The summed E-state index contributed by atoms with van der Waals surface area (Å²) in [6.45, 7) is 1.59. The molecule has 122 valence electrons. The number of ketones is 1. The third-order valence-corrected chi connectivity index (χ3v) is 4.04. The Balaban J connectivity index is 2.11. The van der Waals surface area contributed by atoms with E-state index in [0.717, 1.165) is 0 Å². The van der Waals surface area contributed by atoms with Gasteiger partial charge in [-0.15, -0.1) is 0 Å². The number of benzene rings is 2. The van der Waals surface area contributed by atoms with Crippen LogP contribution in [0, 0.1) is 0 Å². The molecule has 0 aliphatic heterocycles. The van der Waals surface area contributed by atoms with Crippen molar-refractivity contribution >= 4 is 22.7 Å². The van der Waals surface area contributed by atoms with Crippen LogP contribution in [0.2, 0.25) is 0 Å². The Kier molecular flexibility index (Phi) is 4.08. The minimum Gasteiger partial charge on any atom is -0.497 e. The fourth-order valence-electron chi connectivity index (χ4n) is 2.56. The number of hydrogen-bond acceptors (Lipinski definition) is 4. The number of aliphatic carboxylic acids is 1. The van der Waals surface area contributed by atoms with Crippen molar-refractivity contribution in [2.45, 2.75) is 12.8 Å². The van der Waals surface area contributed by atoms with E-state index in [1.165, 1.54) is 6.26 Å². The minimum atomic E-state index is -0.944. The zero-order valence-corrected chi connectivity index (χ0v) is 13.3. The summed E-state index contributed by atoms with van der Waals surface area (Å²) in [7, 11) is 1.56. The molecule has 3 rings (SSSR count). The number of furan rings is 1. The molecule has 0 fully saturated rings. The molecule has 5 nitrogen and oxygen atoms in total. The van der Waals surface area contributed by atoms with Gasteiger partial charge in [0.1, 0.15) is 11.3 Å². The highest BCUT2D eigenvalue weighted by Crippen LogP contribution is 2.28. The molecule has 0 spiro atoms. The first kappa shape index (κ1) is 15.8. The molecule has 1 aromatic heterocycles. The van der Waals surface area contributed by atoms with Gasteiger partial charge in [-0.05, 0) is 55.0 Å². The number of carboxylic acids is 1. The van der Waals surface area contributed by atoms with Gasteiger partial charge in [0.2, 0.25) is 0 Å². The molecular weight excluding hydrogens is 308 g/mol. The molecule has 2 aromatic carbocycles. The van der Waals surface area contributed by atoms with Gasteiger partial charge in [-0.25, -0.2) is 0 Å². The first-order chi connectivity index (χ1) is 11.5. The Hall–Kier alpha value is -3.08. The van der Waals surface area contributed by atoms with Gasteiger partial charge in [-0.1, -0.05) is 0 Å². The van der Waals surface area contributed by atoms with Crippen molar-refractivity contribution in [1.29, 1.82) is 0 Å². The number of ether oxygens (including phenoxy) is 1. The van der Waals surface area contributed by atoms with E-state index in [9.17, 15) is 14.7 Å². The van der Waals surface area contributed by atoms with Gasteiger partial charge in [-0.2, -0.15) is 0 Å². The molecule has 0 aliphatic rings. The van der Waals surface area contributed by atoms with Crippen LogP contribution in [-0.2, 0) is 4.79 Å². The van der Waals surface area contributed by atoms with Gasteiger partial charge in [0.25, 0.3) is 0 Å². The Morgan fingerprint density at radius 1 is 1.12 bits per heavy atom. The SMILES string of the molecule is COc1ccc(C(=O)c2cc(C(C)C(=O)O)cc3ccoc23)cc1. The topological polar surface area (TPSA) is 76.7 Å². The Labute approximate surface area is 138 Å². The smallest absolute Gasteiger partial charge is 0.310 e. The van der Waals surface area contributed by atoms with Gasteiger partial charge in [-0.3, -0.25) is 9.59 Å². The van der Waals surface area contributed by atoms with E-state index >= 15 is 0 Å². The van der Waals surface area contributed by atoms with Crippen LogP contribution in [0.5, 0.6) is 5.75 Å². The van der Waals surface area contributed by atoms with E-state index in [4.69, 9.17) is 9.15 Å². The lowest BCUT2D eigenvalue weighted by Crippen LogP contribution is -2.09. The lowest BCUT2D eigenvalue weighted by atomic mass is 9.94. The maximum Gasteiger partial charge on any atom is 0.310 e. The fraction of sp³-hybridized carbons (Fsp3) is 0.158. The monoisotopic (exact) mass is 324 g/mol. The van der Waals surface area contributed by atoms with E-state index < -0.39 is 11.9 Å². The van der Waals surface area contributed by atoms with Crippen molar-refractivity contribution < 1.29 is 23.8 Å². The van der Waals surface area contributed by atoms with Crippen molar-refractivity contribution in [3.05, 3.63) is 65.4 Å². The standard InChI is InChI=1S/C19H16O5/c1-11(19(21)22)14-9-13-7-8-24-18(13)16(10-14)17(20)12-3-5-15(23-2)6-4-12/h3-11H,1-2H3,(H,21,22). The van der Waals surface area contributed by atoms with Crippen LogP contribution < -0.4 is 4.74 Å². The maximum atomic E-state index is 12.9. The molecule has 1 N–H and O–H groups in total. The van der Waals surface area contributed by atoms with Crippen LogP contribution in [0.15, 0.2) is 53.1 Å². The third kappa shape index (κ3) is 2.76. The third-order valence-electron chi connectivity index (χ3n) is 4.04. The molecule has 5 heteroatoms. The van der Waals surface area contributed by atoms with Crippen molar-refractivity contribution in [1.82, 2.24) is 0 Å². The molecule has 1 heterocycles. The molecule has 0 bridgehead atoms. The van der Waals surface area contributed by atoms with Crippen LogP contribution >= 0.6 is 0 Å². The molecule has 0 aliphatic carbocycles. The quantitative estimate of drug-likeness (QED) is 0.721. The zero-order chi connectivity index (χ0) is 17.3. The predicted molar refractivity (Wildman–Crippen MR) is 88.7 cm³/mol. The number of fused-ring (bicyclic) bond motifs is 1. The highest BCUT2D eigenvalue weighted by atomic mass is 16.5. The first-order valence-electron chi connectivity index (χ1n) is 7.44. The molecule has 0 radical (unpaired) electrons. The number of carboxylic acid groups (broad SMARTS) is 1. The molecule has 0 saturated carbocycles. The van der Waals surface area contributed by atoms with Gasteiger partial charge in [0.05, 0.1) is 24.9 Å². The van der Waals surface area contributed by atoms with Crippen LogP contribution in [0.1, 0.15) is 34.3 Å². The number of carbonyl (C=O) groups is 2. The second kappa shape index (κ2) is 6.20. The summed E-state index contributed by atoms with van der Waals surface area (Å²) < 4.78 is 10.5. The van der Waals surface area contributed by atoms with Crippen LogP contribution in [-0.4, -0.2) is 24.0 Å². The maximum absolute atomic E-state index is 12.9. The highest BCUT2D eigenvalue weighted by molar-refractivity contribution is 6.15. The van der Waals surface area contributed by atoms with E-state index in [2.05, 4.69) is 0 Å². The molecule has 1 unspecified atom stereocenters. The average Bonchev–Trinajstić information content (AvgIpc) is 3.08. The predicted octanol–water partition coefficient (Wildman–Crippen LogP) is 3.86. The summed E-state index contributed by atoms with van der Waals surface area (Å²) in [6, 6.07) is 11.8. The fourth-order valence-corrected chi connectivity index (χ4v) is 2.56. The van der Waals surface area contributed by atoms with Crippen LogP contribution in [0.4, 0.5) is 0 Å². The van der Waals surface area contributed by atoms with E-state index in [1.807, 2.05) is 0 Å². The van der Waals surface area contributed by atoms with Gasteiger partial charge >= 0.3 is 5.97 Å². The second-order valence-corrected chi connectivity index (χ2v) is 5.52. The van der Waals surface area contributed by atoms with Gasteiger partial charge in [0, 0.05) is 10.9 Å². The van der Waals surface area contributed by atoms with Gasteiger partial charge < -0.3 is 14.3 Å². The number of methoxy groups -OCH3 is 1. The lowest BCUT2D eigenvalue weighted by Gasteiger charge is -2.10. The van der Waals surface area contributed by atoms with Crippen molar-refractivity contribution in [2.24, 2.45) is 0 Å². The summed E-state index contributed by atoms with van der Waals surface area (Å²) in [5.41, 5.74) is 1.85.